The summed E-state index contributed by atoms with van der Waals surface area (Å²) < 4.78 is 18.2. The van der Waals surface area contributed by atoms with E-state index in [0.717, 1.165) is 5.56 Å². The van der Waals surface area contributed by atoms with Crippen LogP contribution in [0.3, 0.4) is 0 Å². The highest BCUT2D eigenvalue weighted by Gasteiger charge is 2.45. The number of hydrogen-bond donors (Lipinski definition) is 1. The van der Waals surface area contributed by atoms with Gasteiger partial charge in [0.1, 0.15) is 11.6 Å². The topological polar surface area (TPSA) is 66.8 Å². The Morgan fingerprint density at radius 1 is 1.11 bits per heavy atom. The van der Waals surface area contributed by atoms with Crippen molar-refractivity contribution >= 4 is 17.4 Å². The summed E-state index contributed by atoms with van der Waals surface area (Å²) in [6.45, 7) is 0.765. The minimum Gasteiger partial charge on any atom is -0.507 e. The van der Waals surface area contributed by atoms with Crippen LogP contribution in [0.5, 0.6) is 0 Å². The molecule has 1 atom stereocenters. The fourth-order valence-electron chi connectivity index (χ4n) is 3.24. The zero-order valence-electron chi connectivity index (χ0n) is 14.9. The van der Waals surface area contributed by atoms with Gasteiger partial charge in [0, 0.05) is 25.8 Å². The summed E-state index contributed by atoms with van der Waals surface area (Å²) in [5, 5.41) is 10.8. The molecule has 1 heterocycles. The molecule has 140 valence electrons. The lowest BCUT2D eigenvalue weighted by Gasteiger charge is -2.25. The first-order valence-electron chi connectivity index (χ1n) is 8.63. The van der Waals surface area contributed by atoms with Crippen molar-refractivity contribution in [3.63, 3.8) is 0 Å². The van der Waals surface area contributed by atoms with Crippen molar-refractivity contribution in [2.75, 3.05) is 20.3 Å². The van der Waals surface area contributed by atoms with Gasteiger partial charge in [-0.05, 0) is 36.2 Å². The molecule has 0 saturated carbocycles. The van der Waals surface area contributed by atoms with Crippen LogP contribution >= 0.6 is 0 Å². The number of hydrogen-bond acceptors (Lipinski definition) is 4. The number of ether oxygens (including phenoxy) is 1. The largest absolute Gasteiger partial charge is 0.507 e. The van der Waals surface area contributed by atoms with E-state index in [4.69, 9.17) is 4.74 Å². The number of halogens is 1. The minimum absolute atomic E-state index is 0.00947. The Labute approximate surface area is 156 Å². The monoisotopic (exact) mass is 369 g/mol. The number of Topliss-reactive ketones (excluding diaryl/α,β-unsaturated/α-hetero) is 1. The van der Waals surface area contributed by atoms with Crippen LogP contribution in [0, 0.1) is 5.82 Å². The predicted octanol–water partition coefficient (Wildman–Crippen LogP) is 3.28. The summed E-state index contributed by atoms with van der Waals surface area (Å²) in [4.78, 5) is 26.8. The molecular weight excluding hydrogens is 349 g/mol. The van der Waals surface area contributed by atoms with E-state index in [1.807, 2.05) is 18.2 Å². The third-order valence-corrected chi connectivity index (χ3v) is 4.52. The minimum atomic E-state index is -0.747. The van der Waals surface area contributed by atoms with Crippen molar-refractivity contribution in [1.82, 2.24) is 4.90 Å². The molecule has 1 N–H and O–H groups in total. The first-order valence-corrected chi connectivity index (χ1v) is 8.63. The molecule has 27 heavy (non-hydrogen) atoms. The molecule has 0 bridgehead atoms. The summed E-state index contributed by atoms with van der Waals surface area (Å²) in [5.74, 6) is -2.17. The van der Waals surface area contributed by atoms with Crippen LogP contribution in [-0.4, -0.2) is 42.0 Å². The van der Waals surface area contributed by atoms with Crippen LogP contribution in [0.2, 0.25) is 0 Å². The number of nitrogens with zero attached hydrogens (tertiary/aromatic N) is 1. The fourth-order valence-corrected chi connectivity index (χ4v) is 3.24. The van der Waals surface area contributed by atoms with E-state index in [1.54, 1.807) is 19.2 Å². The average molecular weight is 369 g/mol. The molecule has 2 aromatic carbocycles. The van der Waals surface area contributed by atoms with Crippen molar-refractivity contribution in [2.45, 2.75) is 12.5 Å². The highest BCUT2D eigenvalue weighted by Crippen LogP contribution is 2.39. The molecule has 0 aliphatic carbocycles. The summed E-state index contributed by atoms with van der Waals surface area (Å²) in [7, 11) is 1.57. The van der Waals surface area contributed by atoms with Crippen LogP contribution < -0.4 is 0 Å². The quantitative estimate of drug-likeness (QED) is 0.367. The number of amides is 1. The van der Waals surface area contributed by atoms with E-state index in [-0.39, 0.29) is 16.9 Å². The van der Waals surface area contributed by atoms with E-state index >= 15 is 0 Å². The maximum atomic E-state index is 13.2. The maximum Gasteiger partial charge on any atom is 0.295 e. The van der Waals surface area contributed by atoms with E-state index in [2.05, 4.69) is 0 Å². The molecular formula is C21H20FNO4. The fraction of sp³-hybridized carbons (Fsp3) is 0.238. The van der Waals surface area contributed by atoms with Crippen LogP contribution in [0.4, 0.5) is 4.39 Å². The van der Waals surface area contributed by atoms with Crippen molar-refractivity contribution in [1.29, 1.82) is 0 Å². The van der Waals surface area contributed by atoms with Crippen molar-refractivity contribution in [3.8, 4) is 0 Å². The van der Waals surface area contributed by atoms with Gasteiger partial charge in [0.15, 0.2) is 0 Å². The first-order chi connectivity index (χ1) is 13.0. The number of carbonyl (C=O) groups is 2. The molecule has 6 heteroatoms. The van der Waals surface area contributed by atoms with Gasteiger partial charge in [0.2, 0.25) is 0 Å². The molecule has 1 saturated heterocycles. The highest BCUT2D eigenvalue weighted by atomic mass is 19.1. The Balaban J connectivity index is 2.09. The molecule has 2 aromatic rings. The third-order valence-electron chi connectivity index (χ3n) is 4.52. The zero-order chi connectivity index (χ0) is 19.4. The van der Waals surface area contributed by atoms with Gasteiger partial charge < -0.3 is 14.7 Å². The second-order valence-electron chi connectivity index (χ2n) is 6.26. The van der Waals surface area contributed by atoms with Crippen LogP contribution in [0.25, 0.3) is 5.76 Å². The van der Waals surface area contributed by atoms with Gasteiger partial charge in [-0.25, -0.2) is 4.39 Å². The average Bonchev–Trinajstić information content (AvgIpc) is 2.94. The highest BCUT2D eigenvalue weighted by molar-refractivity contribution is 6.46. The Kier molecular flexibility index (Phi) is 5.66. The normalized spacial score (nSPS) is 18.9. The Morgan fingerprint density at radius 2 is 1.78 bits per heavy atom. The molecule has 3 rings (SSSR count). The number of ketones is 1. The molecule has 1 aliphatic rings. The van der Waals surface area contributed by atoms with Gasteiger partial charge in [-0.1, -0.05) is 30.3 Å². The summed E-state index contributed by atoms with van der Waals surface area (Å²) in [6.07, 6.45) is 0.559. The molecule has 0 spiro atoms. The Bertz CT molecular complexity index is 862. The van der Waals surface area contributed by atoms with E-state index in [9.17, 15) is 19.1 Å². The molecule has 0 aromatic heterocycles. The van der Waals surface area contributed by atoms with Gasteiger partial charge in [-0.15, -0.1) is 0 Å². The van der Waals surface area contributed by atoms with Crippen molar-refractivity contribution < 1.29 is 23.8 Å². The number of benzene rings is 2. The zero-order valence-corrected chi connectivity index (χ0v) is 14.9. The molecule has 1 unspecified atom stereocenters. The van der Waals surface area contributed by atoms with E-state index < -0.39 is 23.5 Å². The van der Waals surface area contributed by atoms with Gasteiger partial charge in [0.05, 0.1) is 11.6 Å². The molecule has 1 fully saturated rings. The Morgan fingerprint density at radius 3 is 2.41 bits per heavy atom. The summed E-state index contributed by atoms with van der Waals surface area (Å²) in [5.41, 5.74) is 1.01. The van der Waals surface area contributed by atoms with Crippen molar-refractivity contribution in [3.05, 3.63) is 77.1 Å². The van der Waals surface area contributed by atoms with Crippen molar-refractivity contribution in [2.24, 2.45) is 0 Å². The van der Waals surface area contributed by atoms with Gasteiger partial charge in [-0.3, -0.25) is 9.59 Å². The third kappa shape index (κ3) is 3.75. The summed E-state index contributed by atoms with van der Waals surface area (Å²) >= 11 is 0. The van der Waals surface area contributed by atoms with E-state index in [1.165, 1.54) is 29.2 Å². The number of aliphatic hydroxyl groups is 1. The number of rotatable bonds is 6. The van der Waals surface area contributed by atoms with Gasteiger partial charge in [0.25, 0.3) is 11.7 Å². The van der Waals surface area contributed by atoms with Gasteiger partial charge >= 0.3 is 0 Å². The van der Waals surface area contributed by atoms with Crippen LogP contribution in [0.1, 0.15) is 23.6 Å². The lowest BCUT2D eigenvalue weighted by atomic mass is 9.95. The maximum absolute atomic E-state index is 13.2. The number of aliphatic hydroxyl groups excluding tert-OH is 1. The first kappa shape index (κ1) is 18.8. The molecule has 1 aliphatic heterocycles. The standard InChI is InChI=1S/C21H20FNO4/c1-27-13-5-12-23-18(14-6-3-2-4-7-14)17(20(25)21(23)26)19(24)15-8-10-16(22)11-9-15/h2-4,6-11,18,24H,5,12-13H2,1H3/b19-17+. The molecule has 0 radical (unpaired) electrons. The van der Waals surface area contributed by atoms with Crippen LogP contribution in [0.15, 0.2) is 60.2 Å². The van der Waals surface area contributed by atoms with Crippen LogP contribution in [-0.2, 0) is 14.3 Å². The molecule has 1 amide bonds. The second kappa shape index (κ2) is 8.14. The molecule has 5 nitrogen and oxygen atoms in total. The Hall–Kier alpha value is -2.99. The smallest absolute Gasteiger partial charge is 0.295 e. The number of likely N-dealkylation sites (tertiary alicyclic amines) is 1. The SMILES string of the molecule is COCCCN1C(=O)C(=O)/C(=C(/O)c2ccc(F)cc2)C1c1ccccc1. The predicted molar refractivity (Wildman–Crippen MR) is 98.3 cm³/mol. The lowest BCUT2D eigenvalue weighted by molar-refractivity contribution is -0.140. The number of methoxy groups -OCH3 is 1. The number of carbonyl (C=O) groups excluding carboxylic acids is 2. The van der Waals surface area contributed by atoms with Gasteiger partial charge in [-0.2, -0.15) is 0 Å². The second-order valence-corrected chi connectivity index (χ2v) is 6.26. The lowest BCUT2D eigenvalue weighted by Crippen LogP contribution is -2.31. The van der Waals surface area contributed by atoms with E-state index in [0.29, 0.717) is 19.6 Å². The summed E-state index contributed by atoms with van der Waals surface area (Å²) in [6, 6.07) is 13.5.